The fourth-order valence-corrected chi connectivity index (χ4v) is 4.17. The molecule has 1 amide bonds. The van der Waals surface area contributed by atoms with Crippen molar-refractivity contribution in [2.75, 3.05) is 20.1 Å². The fraction of sp³-hybridized carbons (Fsp3) is 0.625. The monoisotopic (exact) mass is 400 g/mol. The average Bonchev–Trinajstić information content (AvgIpc) is 3.24. The number of aldehydes is 1. The van der Waals surface area contributed by atoms with Gasteiger partial charge in [-0.05, 0) is 58.5 Å². The third-order valence-electron chi connectivity index (χ3n) is 6.18. The molecule has 5 heteroatoms. The highest BCUT2D eigenvalue weighted by Crippen LogP contribution is 2.48. The highest BCUT2D eigenvalue weighted by Gasteiger charge is 2.50. The maximum absolute atomic E-state index is 11.5. The molecule has 29 heavy (non-hydrogen) atoms. The molecule has 5 nitrogen and oxygen atoms in total. The van der Waals surface area contributed by atoms with Crippen LogP contribution in [0.25, 0.3) is 0 Å². The first-order valence-corrected chi connectivity index (χ1v) is 11.0. The molecule has 3 aliphatic rings. The maximum Gasteiger partial charge on any atom is 0.210 e. The second-order valence-electron chi connectivity index (χ2n) is 8.36. The smallest absolute Gasteiger partial charge is 0.210 e. The topological polar surface area (TPSA) is 57.7 Å². The van der Waals surface area contributed by atoms with Gasteiger partial charge in [-0.2, -0.15) is 0 Å². The number of Topliss-reactive ketones (excluding diaryl/α,β-unsaturated/α-hetero) is 1. The summed E-state index contributed by atoms with van der Waals surface area (Å²) in [5.41, 5.74) is 0.377. The predicted molar refractivity (Wildman–Crippen MR) is 116 cm³/mol. The Bertz CT molecular complexity index is 589. The van der Waals surface area contributed by atoms with Crippen molar-refractivity contribution >= 4 is 18.5 Å². The third kappa shape index (κ3) is 8.09. The van der Waals surface area contributed by atoms with E-state index in [-0.39, 0.29) is 0 Å². The van der Waals surface area contributed by atoms with Gasteiger partial charge in [-0.1, -0.05) is 36.4 Å². The van der Waals surface area contributed by atoms with Crippen LogP contribution in [0.15, 0.2) is 36.4 Å². The molecular formula is C24H36N2O3. The lowest BCUT2D eigenvalue weighted by Crippen LogP contribution is -2.29. The maximum atomic E-state index is 11.5. The molecule has 1 saturated carbocycles. The van der Waals surface area contributed by atoms with Crippen molar-refractivity contribution in [3.05, 3.63) is 36.4 Å². The lowest BCUT2D eigenvalue weighted by molar-refractivity contribution is -0.120. The van der Waals surface area contributed by atoms with Crippen molar-refractivity contribution in [1.29, 1.82) is 0 Å². The summed E-state index contributed by atoms with van der Waals surface area (Å²) in [4.78, 5) is 36.2. The molecule has 0 bridgehead atoms. The molecule has 0 N–H and O–H groups in total. The van der Waals surface area contributed by atoms with Gasteiger partial charge >= 0.3 is 0 Å². The van der Waals surface area contributed by atoms with Gasteiger partial charge in [-0.25, -0.2) is 0 Å². The van der Waals surface area contributed by atoms with E-state index < -0.39 is 0 Å². The van der Waals surface area contributed by atoms with Crippen LogP contribution >= 0.6 is 0 Å². The molecule has 1 spiro atoms. The molecule has 1 aromatic rings. The third-order valence-corrected chi connectivity index (χ3v) is 6.18. The number of ketones is 1. The quantitative estimate of drug-likeness (QED) is 0.515. The van der Waals surface area contributed by atoms with Crippen LogP contribution in [0, 0.1) is 0 Å². The first-order chi connectivity index (χ1) is 14.1. The molecule has 1 aliphatic carbocycles. The van der Waals surface area contributed by atoms with Crippen LogP contribution in [-0.2, 0) is 14.4 Å². The molecule has 0 unspecified atom stereocenters. The summed E-state index contributed by atoms with van der Waals surface area (Å²) in [5.74, 6) is 0.311. The number of rotatable bonds is 7. The lowest BCUT2D eigenvalue weighted by Gasteiger charge is -2.18. The van der Waals surface area contributed by atoms with Gasteiger partial charge < -0.3 is 14.6 Å². The summed E-state index contributed by atoms with van der Waals surface area (Å²) in [5, 5.41) is 0. The Balaban J connectivity index is 0.000000169. The van der Waals surface area contributed by atoms with Crippen LogP contribution in [0.1, 0.15) is 64.2 Å². The number of benzene rings is 1. The van der Waals surface area contributed by atoms with Gasteiger partial charge in [0, 0.05) is 37.4 Å². The minimum Gasteiger partial charge on any atom is -0.340 e. The first kappa shape index (κ1) is 23.3. The van der Waals surface area contributed by atoms with Gasteiger partial charge in [-0.15, -0.1) is 0 Å². The number of unbranched alkanes of at least 4 members (excludes halogenated alkanes) is 1. The van der Waals surface area contributed by atoms with Gasteiger partial charge in [-0.3, -0.25) is 9.59 Å². The Morgan fingerprint density at radius 2 is 1.66 bits per heavy atom. The zero-order valence-corrected chi connectivity index (χ0v) is 17.8. The van der Waals surface area contributed by atoms with Crippen molar-refractivity contribution < 1.29 is 14.4 Å². The zero-order chi connectivity index (χ0) is 21.0. The highest BCUT2D eigenvalue weighted by molar-refractivity contribution is 5.79. The molecule has 2 heterocycles. The van der Waals surface area contributed by atoms with E-state index in [2.05, 4.69) is 11.9 Å². The number of hydrogen-bond donors (Lipinski definition) is 0. The first-order valence-electron chi connectivity index (χ1n) is 11.0. The molecule has 4 rings (SSSR count). The standard InChI is InChI=1S/C11H19NO2.C7H11NO.C6H6/c1-12-7-4-5-10(12)9-11(14)6-2-3-8-13;9-6-8-5-1-2-7(8)3-4-7;1-2-4-6-5-3-1/h8,10H,2-7,9H2,1H3;6H,1-5H2;1-6H/t10-;;/m1../s1. The van der Waals surface area contributed by atoms with E-state index in [1.54, 1.807) is 0 Å². The van der Waals surface area contributed by atoms with Crippen LogP contribution in [-0.4, -0.2) is 60.0 Å². The Kier molecular flexibility index (Phi) is 10.1. The normalized spacial score (nSPS) is 21.6. The molecule has 160 valence electrons. The Morgan fingerprint density at radius 1 is 1.00 bits per heavy atom. The van der Waals surface area contributed by atoms with Crippen molar-refractivity contribution in [2.45, 2.75) is 75.8 Å². The predicted octanol–water partition coefficient (Wildman–Crippen LogP) is 3.87. The van der Waals surface area contributed by atoms with E-state index in [0.717, 1.165) is 38.6 Å². The highest BCUT2D eigenvalue weighted by atomic mass is 16.1. The second-order valence-corrected chi connectivity index (χ2v) is 8.36. The summed E-state index contributed by atoms with van der Waals surface area (Å²) in [6, 6.07) is 12.5. The van der Waals surface area contributed by atoms with Gasteiger partial charge in [0.1, 0.15) is 12.1 Å². The minimum atomic E-state index is 0.311. The summed E-state index contributed by atoms with van der Waals surface area (Å²) in [6.07, 6.45) is 11.7. The van der Waals surface area contributed by atoms with Crippen molar-refractivity contribution in [1.82, 2.24) is 9.80 Å². The number of nitrogens with zero attached hydrogens (tertiary/aromatic N) is 2. The van der Waals surface area contributed by atoms with Crippen molar-refractivity contribution in [3.8, 4) is 0 Å². The van der Waals surface area contributed by atoms with E-state index in [9.17, 15) is 14.4 Å². The molecule has 2 saturated heterocycles. The van der Waals surface area contributed by atoms with Crippen LogP contribution in [0.2, 0.25) is 0 Å². The van der Waals surface area contributed by atoms with E-state index in [1.165, 1.54) is 32.1 Å². The van der Waals surface area contributed by atoms with Gasteiger partial charge in [0.05, 0.1) is 0 Å². The number of hydrogen-bond acceptors (Lipinski definition) is 4. The largest absolute Gasteiger partial charge is 0.340 e. The van der Waals surface area contributed by atoms with Gasteiger partial charge in [0.2, 0.25) is 6.41 Å². The molecule has 1 atom stereocenters. The fourth-order valence-electron chi connectivity index (χ4n) is 4.17. The van der Waals surface area contributed by atoms with E-state index >= 15 is 0 Å². The molecule has 0 aromatic heterocycles. The SMILES string of the molecule is CN1CCC[C@@H]1CC(=O)CCCC=O.O=CN1CCCC12CC2.c1ccccc1. The Hall–Kier alpha value is -2.01. The molecule has 3 fully saturated rings. The minimum absolute atomic E-state index is 0.311. The van der Waals surface area contributed by atoms with Crippen LogP contribution < -0.4 is 0 Å². The number of carbonyl (C=O) groups is 3. The summed E-state index contributed by atoms with van der Waals surface area (Å²) in [7, 11) is 2.08. The van der Waals surface area contributed by atoms with Crippen molar-refractivity contribution in [2.24, 2.45) is 0 Å². The van der Waals surface area contributed by atoms with Crippen LogP contribution in [0.3, 0.4) is 0 Å². The molecule has 1 aromatic carbocycles. The Morgan fingerprint density at radius 3 is 2.10 bits per heavy atom. The van der Waals surface area contributed by atoms with Gasteiger partial charge in [0.15, 0.2) is 0 Å². The van der Waals surface area contributed by atoms with E-state index in [0.29, 0.717) is 36.6 Å². The van der Waals surface area contributed by atoms with Gasteiger partial charge in [0.25, 0.3) is 0 Å². The zero-order valence-electron chi connectivity index (χ0n) is 17.8. The molecular weight excluding hydrogens is 364 g/mol. The van der Waals surface area contributed by atoms with Crippen LogP contribution in [0.4, 0.5) is 0 Å². The van der Waals surface area contributed by atoms with E-state index in [4.69, 9.17) is 0 Å². The average molecular weight is 401 g/mol. The number of carbonyl (C=O) groups excluding carboxylic acids is 3. The molecule has 0 radical (unpaired) electrons. The van der Waals surface area contributed by atoms with E-state index in [1.807, 2.05) is 41.3 Å². The lowest BCUT2D eigenvalue weighted by atomic mass is 10.0. The summed E-state index contributed by atoms with van der Waals surface area (Å²) >= 11 is 0. The summed E-state index contributed by atoms with van der Waals surface area (Å²) in [6.45, 7) is 2.12. The molecule has 2 aliphatic heterocycles. The van der Waals surface area contributed by atoms with Crippen molar-refractivity contribution in [3.63, 3.8) is 0 Å². The Labute approximate surface area is 175 Å². The number of amides is 1. The number of likely N-dealkylation sites (tertiary alicyclic amines) is 2. The van der Waals surface area contributed by atoms with Crippen LogP contribution in [0.5, 0.6) is 0 Å². The summed E-state index contributed by atoms with van der Waals surface area (Å²) < 4.78 is 0. The second kappa shape index (κ2) is 12.5.